The van der Waals surface area contributed by atoms with Crippen LogP contribution in [-0.4, -0.2) is 12.4 Å². The molecule has 0 saturated carbocycles. The number of Topliss-reactive ketones (excluding diaryl/α,β-unsaturated/α-hetero) is 1. The molecular weight excluding hydrogens is 202 g/mol. The molecule has 0 unspecified atom stereocenters. The molecule has 16 heavy (non-hydrogen) atoms. The molecule has 3 heteroatoms. The van der Waals surface area contributed by atoms with Crippen molar-refractivity contribution in [1.29, 1.82) is 0 Å². The van der Waals surface area contributed by atoms with Crippen LogP contribution in [0, 0.1) is 6.92 Å². The zero-order chi connectivity index (χ0) is 11.5. The number of aryl methyl sites for hydroxylation is 1. The lowest BCUT2D eigenvalue weighted by molar-refractivity contribution is 0.101. The molecule has 1 aliphatic rings. The summed E-state index contributed by atoms with van der Waals surface area (Å²) in [6, 6.07) is 5.41. The van der Waals surface area contributed by atoms with Gasteiger partial charge in [0.2, 0.25) is 0 Å². The number of ketones is 1. The highest BCUT2D eigenvalue weighted by molar-refractivity contribution is 6.09. The van der Waals surface area contributed by atoms with E-state index in [2.05, 4.69) is 0 Å². The van der Waals surface area contributed by atoms with E-state index in [4.69, 9.17) is 10.5 Å². The van der Waals surface area contributed by atoms with Crippen LogP contribution in [0.15, 0.2) is 30.0 Å². The normalized spacial score (nSPS) is 15.2. The summed E-state index contributed by atoms with van der Waals surface area (Å²) in [7, 11) is 0. The Morgan fingerprint density at radius 1 is 1.44 bits per heavy atom. The van der Waals surface area contributed by atoms with Gasteiger partial charge in [-0.1, -0.05) is 12.1 Å². The summed E-state index contributed by atoms with van der Waals surface area (Å²) < 4.78 is 5.16. The number of carbonyl (C=O) groups excluding carboxylic acids is 1. The Morgan fingerprint density at radius 2 is 2.25 bits per heavy atom. The number of carbonyl (C=O) groups is 1. The largest absolute Gasteiger partial charge is 0.501 e. The first kappa shape index (κ1) is 10.7. The molecule has 0 bridgehead atoms. The van der Waals surface area contributed by atoms with Crippen LogP contribution in [0.25, 0.3) is 0 Å². The minimum absolute atomic E-state index is 0.0198. The Labute approximate surface area is 94.9 Å². The van der Waals surface area contributed by atoms with Gasteiger partial charge in [-0.2, -0.15) is 0 Å². The van der Waals surface area contributed by atoms with E-state index >= 15 is 0 Å². The number of hydrogen-bond acceptors (Lipinski definition) is 3. The molecule has 0 aromatic heterocycles. The van der Waals surface area contributed by atoms with Crippen LogP contribution in [0.1, 0.15) is 28.8 Å². The molecule has 1 aromatic carbocycles. The van der Waals surface area contributed by atoms with Crippen LogP contribution in [0.5, 0.6) is 0 Å². The van der Waals surface area contributed by atoms with Gasteiger partial charge in [0.1, 0.15) is 0 Å². The van der Waals surface area contributed by atoms with Crippen molar-refractivity contribution in [3.63, 3.8) is 0 Å². The number of nitrogen functional groups attached to an aromatic ring is 1. The van der Waals surface area contributed by atoms with E-state index in [0.717, 1.165) is 24.0 Å². The van der Waals surface area contributed by atoms with Crippen LogP contribution >= 0.6 is 0 Å². The highest BCUT2D eigenvalue weighted by atomic mass is 16.5. The molecule has 0 atom stereocenters. The molecule has 0 spiro atoms. The van der Waals surface area contributed by atoms with E-state index in [1.807, 2.05) is 19.1 Å². The van der Waals surface area contributed by atoms with E-state index in [-0.39, 0.29) is 5.78 Å². The molecule has 0 saturated heterocycles. The summed E-state index contributed by atoms with van der Waals surface area (Å²) in [5.41, 5.74) is 8.80. The van der Waals surface area contributed by atoms with E-state index in [9.17, 15) is 4.79 Å². The first-order valence-electron chi connectivity index (χ1n) is 5.40. The van der Waals surface area contributed by atoms with Gasteiger partial charge in [0.25, 0.3) is 0 Å². The number of ether oxygens (including phenoxy) is 1. The first-order chi connectivity index (χ1) is 7.68. The number of anilines is 1. The Balaban J connectivity index is 2.26. The topological polar surface area (TPSA) is 52.3 Å². The zero-order valence-corrected chi connectivity index (χ0v) is 9.32. The second-order valence-electron chi connectivity index (χ2n) is 4.02. The molecule has 0 fully saturated rings. The predicted octanol–water partition coefficient (Wildman–Crippen LogP) is 2.45. The standard InChI is InChI=1S/C13H15NO2/c1-9-4-5-10(7-12(9)14)13(15)11-3-2-6-16-8-11/h4-5,7-8H,2-3,6,14H2,1H3. The van der Waals surface area contributed by atoms with Crippen molar-refractivity contribution in [3.05, 3.63) is 41.2 Å². The molecule has 1 aliphatic heterocycles. The third-order valence-electron chi connectivity index (χ3n) is 2.77. The Morgan fingerprint density at radius 3 is 2.88 bits per heavy atom. The second kappa shape index (κ2) is 4.39. The molecule has 3 nitrogen and oxygen atoms in total. The van der Waals surface area contributed by atoms with Gasteiger partial charge in [-0.15, -0.1) is 0 Å². The number of nitrogens with two attached hydrogens (primary N) is 1. The lowest BCUT2D eigenvalue weighted by Gasteiger charge is -2.13. The summed E-state index contributed by atoms with van der Waals surface area (Å²) in [6.07, 6.45) is 3.26. The molecule has 0 radical (unpaired) electrons. The predicted molar refractivity (Wildman–Crippen MR) is 63.2 cm³/mol. The summed E-state index contributed by atoms with van der Waals surface area (Å²) >= 11 is 0. The third kappa shape index (κ3) is 2.08. The van der Waals surface area contributed by atoms with Gasteiger partial charge < -0.3 is 10.5 Å². The lowest BCUT2D eigenvalue weighted by Crippen LogP contribution is -2.09. The lowest BCUT2D eigenvalue weighted by atomic mass is 9.98. The van der Waals surface area contributed by atoms with E-state index in [0.29, 0.717) is 17.9 Å². The quantitative estimate of drug-likeness (QED) is 0.611. The molecule has 0 amide bonds. The third-order valence-corrected chi connectivity index (χ3v) is 2.77. The monoisotopic (exact) mass is 217 g/mol. The smallest absolute Gasteiger partial charge is 0.192 e. The SMILES string of the molecule is Cc1ccc(C(=O)C2=COCCC2)cc1N. The zero-order valence-electron chi connectivity index (χ0n) is 9.32. The number of hydrogen-bond donors (Lipinski definition) is 1. The molecular formula is C13H15NO2. The van der Waals surface area contributed by atoms with E-state index in [1.165, 1.54) is 0 Å². The number of benzene rings is 1. The average Bonchev–Trinajstić information content (AvgIpc) is 2.33. The maximum absolute atomic E-state index is 12.1. The van der Waals surface area contributed by atoms with Crippen molar-refractivity contribution in [2.75, 3.05) is 12.3 Å². The first-order valence-corrected chi connectivity index (χ1v) is 5.40. The maximum Gasteiger partial charge on any atom is 0.192 e. The summed E-state index contributed by atoms with van der Waals surface area (Å²) in [4.78, 5) is 12.1. The summed E-state index contributed by atoms with van der Waals surface area (Å²) in [5, 5.41) is 0. The molecule has 0 aliphatic carbocycles. The van der Waals surface area contributed by atoms with Gasteiger partial charge >= 0.3 is 0 Å². The van der Waals surface area contributed by atoms with Gasteiger partial charge in [-0.05, 0) is 31.4 Å². The average molecular weight is 217 g/mol. The van der Waals surface area contributed by atoms with E-state index in [1.54, 1.807) is 12.3 Å². The minimum atomic E-state index is 0.0198. The Hall–Kier alpha value is -1.77. The highest BCUT2D eigenvalue weighted by Crippen LogP contribution is 2.20. The molecule has 2 rings (SSSR count). The van der Waals surface area contributed by atoms with Crippen LogP contribution < -0.4 is 5.73 Å². The fraction of sp³-hybridized carbons (Fsp3) is 0.308. The van der Waals surface area contributed by atoms with Gasteiger partial charge in [0, 0.05) is 16.8 Å². The van der Waals surface area contributed by atoms with E-state index < -0.39 is 0 Å². The minimum Gasteiger partial charge on any atom is -0.501 e. The molecule has 1 heterocycles. The number of rotatable bonds is 2. The van der Waals surface area contributed by atoms with Gasteiger partial charge in [-0.25, -0.2) is 0 Å². The van der Waals surface area contributed by atoms with Gasteiger partial charge in [0.05, 0.1) is 12.9 Å². The van der Waals surface area contributed by atoms with Crippen molar-refractivity contribution in [2.45, 2.75) is 19.8 Å². The van der Waals surface area contributed by atoms with Crippen molar-refractivity contribution in [2.24, 2.45) is 0 Å². The molecule has 2 N–H and O–H groups in total. The van der Waals surface area contributed by atoms with Crippen molar-refractivity contribution >= 4 is 11.5 Å². The van der Waals surface area contributed by atoms with Crippen molar-refractivity contribution in [3.8, 4) is 0 Å². The fourth-order valence-corrected chi connectivity index (χ4v) is 1.70. The van der Waals surface area contributed by atoms with Crippen molar-refractivity contribution < 1.29 is 9.53 Å². The van der Waals surface area contributed by atoms with Crippen molar-refractivity contribution in [1.82, 2.24) is 0 Å². The van der Waals surface area contributed by atoms with Crippen LogP contribution in [-0.2, 0) is 4.74 Å². The van der Waals surface area contributed by atoms with Crippen LogP contribution in [0.4, 0.5) is 5.69 Å². The highest BCUT2D eigenvalue weighted by Gasteiger charge is 2.15. The maximum atomic E-state index is 12.1. The summed E-state index contributed by atoms with van der Waals surface area (Å²) in [6.45, 7) is 2.62. The van der Waals surface area contributed by atoms with Gasteiger partial charge in [-0.3, -0.25) is 4.79 Å². The molecule has 1 aromatic rings. The molecule has 84 valence electrons. The fourth-order valence-electron chi connectivity index (χ4n) is 1.70. The Kier molecular flexibility index (Phi) is 2.95. The number of allylic oxidation sites excluding steroid dienone is 1. The van der Waals surface area contributed by atoms with Crippen LogP contribution in [0.2, 0.25) is 0 Å². The second-order valence-corrected chi connectivity index (χ2v) is 4.02. The summed E-state index contributed by atoms with van der Waals surface area (Å²) in [5.74, 6) is 0.0198. The Bertz CT molecular complexity index is 449. The van der Waals surface area contributed by atoms with Crippen LogP contribution in [0.3, 0.4) is 0 Å². The van der Waals surface area contributed by atoms with Gasteiger partial charge in [0.15, 0.2) is 5.78 Å².